The maximum absolute atomic E-state index is 8.00. The summed E-state index contributed by atoms with van der Waals surface area (Å²) in [7, 11) is 0. The monoisotopic (exact) mass is 246 g/mol. The predicted molar refractivity (Wildman–Crippen MR) is 57.9 cm³/mol. The Kier molecular flexibility index (Phi) is 45.8. The SMILES string of the molecule is C=Cc1ccccc1.C=O.C=O.C=O.[Cr]. The van der Waals surface area contributed by atoms with Crippen LogP contribution in [0.4, 0.5) is 0 Å². The Balaban J connectivity index is -0.0000000755. The quantitative estimate of drug-likeness (QED) is 0.758. The second kappa shape index (κ2) is 29.4. The van der Waals surface area contributed by atoms with Crippen LogP contribution in [0.2, 0.25) is 0 Å². The van der Waals surface area contributed by atoms with Gasteiger partial charge in [-0.2, -0.15) is 0 Å². The predicted octanol–water partition coefficient (Wildman–Crippen LogP) is 1.77. The molecule has 0 bridgehead atoms. The fourth-order valence-electron chi connectivity index (χ4n) is 0.589. The van der Waals surface area contributed by atoms with Crippen LogP contribution in [0.25, 0.3) is 6.08 Å². The van der Waals surface area contributed by atoms with Crippen molar-refractivity contribution in [2.24, 2.45) is 0 Å². The number of carbonyl (C=O) groups is 3. The van der Waals surface area contributed by atoms with Gasteiger partial charge in [0, 0.05) is 17.4 Å². The molecule has 1 aromatic rings. The molecule has 0 radical (unpaired) electrons. The van der Waals surface area contributed by atoms with Crippen molar-refractivity contribution >= 4 is 26.4 Å². The third kappa shape index (κ3) is 19.1. The number of hydrogen-bond acceptors (Lipinski definition) is 3. The summed E-state index contributed by atoms with van der Waals surface area (Å²) in [6.45, 7) is 9.63. The first-order valence-electron chi connectivity index (χ1n) is 3.47. The Labute approximate surface area is 101 Å². The van der Waals surface area contributed by atoms with E-state index >= 15 is 0 Å². The fraction of sp³-hybridized carbons (Fsp3) is 0. The number of rotatable bonds is 1. The Morgan fingerprint density at radius 1 is 0.800 bits per heavy atom. The van der Waals surface area contributed by atoms with E-state index in [0.29, 0.717) is 0 Å². The van der Waals surface area contributed by atoms with E-state index in [2.05, 4.69) is 6.58 Å². The van der Waals surface area contributed by atoms with E-state index in [1.54, 1.807) is 0 Å². The van der Waals surface area contributed by atoms with Crippen LogP contribution in [0.1, 0.15) is 5.56 Å². The summed E-state index contributed by atoms with van der Waals surface area (Å²) in [6.07, 6.45) is 1.83. The van der Waals surface area contributed by atoms with Gasteiger partial charge in [0.15, 0.2) is 0 Å². The molecule has 3 nitrogen and oxygen atoms in total. The van der Waals surface area contributed by atoms with Gasteiger partial charge in [0.25, 0.3) is 0 Å². The van der Waals surface area contributed by atoms with Gasteiger partial charge in [-0.1, -0.05) is 43.0 Å². The Morgan fingerprint density at radius 2 is 1.13 bits per heavy atom. The molecule has 0 aliphatic carbocycles. The molecule has 82 valence electrons. The molecule has 0 atom stereocenters. The van der Waals surface area contributed by atoms with E-state index in [1.165, 1.54) is 5.56 Å². The number of carbonyl (C=O) groups excluding carboxylic acids is 3. The first-order chi connectivity index (χ1) is 6.93. The van der Waals surface area contributed by atoms with Gasteiger partial charge in [-0.3, -0.25) is 0 Å². The van der Waals surface area contributed by atoms with Crippen LogP contribution in [0, 0.1) is 0 Å². The minimum atomic E-state index is 0. The molecule has 0 heterocycles. The van der Waals surface area contributed by atoms with E-state index < -0.39 is 0 Å². The van der Waals surface area contributed by atoms with Crippen LogP contribution in [0.3, 0.4) is 0 Å². The van der Waals surface area contributed by atoms with Crippen molar-refractivity contribution in [3.05, 3.63) is 42.5 Å². The van der Waals surface area contributed by atoms with Crippen LogP contribution < -0.4 is 0 Å². The molecule has 1 aromatic carbocycles. The third-order valence-electron chi connectivity index (χ3n) is 1.04. The maximum Gasteiger partial charge on any atom is 0.106 e. The van der Waals surface area contributed by atoms with E-state index in [1.807, 2.05) is 56.8 Å². The van der Waals surface area contributed by atoms with Gasteiger partial charge in [0.2, 0.25) is 0 Å². The normalized spacial score (nSPS) is 5.33. The van der Waals surface area contributed by atoms with E-state index in [-0.39, 0.29) is 17.4 Å². The molecule has 0 fully saturated rings. The van der Waals surface area contributed by atoms with Crippen molar-refractivity contribution in [1.82, 2.24) is 0 Å². The molecule has 15 heavy (non-hydrogen) atoms. The van der Waals surface area contributed by atoms with Gasteiger partial charge >= 0.3 is 0 Å². The summed E-state index contributed by atoms with van der Waals surface area (Å²) in [6, 6.07) is 10.0. The minimum Gasteiger partial charge on any atom is -0.307 e. The molecule has 1 rings (SSSR count). The second-order valence-corrected chi connectivity index (χ2v) is 1.61. The summed E-state index contributed by atoms with van der Waals surface area (Å²) < 4.78 is 0. The van der Waals surface area contributed by atoms with Crippen LogP contribution in [-0.2, 0) is 31.7 Å². The van der Waals surface area contributed by atoms with Gasteiger partial charge in [0.1, 0.15) is 20.4 Å². The van der Waals surface area contributed by atoms with Crippen LogP contribution >= 0.6 is 0 Å². The average molecular weight is 246 g/mol. The number of hydrogen-bond donors (Lipinski definition) is 0. The zero-order chi connectivity index (χ0) is 11.8. The average Bonchev–Trinajstić information content (AvgIpc) is 2.37. The van der Waals surface area contributed by atoms with Gasteiger partial charge in [-0.05, 0) is 5.56 Å². The summed E-state index contributed by atoms with van der Waals surface area (Å²) in [5, 5.41) is 0. The topological polar surface area (TPSA) is 51.2 Å². The van der Waals surface area contributed by atoms with Gasteiger partial charge in [-0.15, -0.1) is 0 Å². The van der Waals surface area contributed by atoms with Crippen molar-refractivity contribution in [2.75, 3.05) is 0 Å². The van der Waals surface area contributed by atoms with Crippen molar-refractivity contribution in [3.8, 4) is 0 Å². The Hall–Kier alpha value is -1.50. The molecule has 0 aliphatic rings. The molecule has 0 saturated heterocycles. The standard InChI is InChI=1S/C8H8.3CH2O.Cr/c1-2-8-6-4-3-5-7-8;3*1-2;/h2-7H,1H2;3*1H2;. The van der Waals surface area contributed by atoms with E-state index in [0.717, 1.165) is 0 Å². The van der Waals surface area contributed by atoms with Gasteiger partial charge in [-0.25, -0.2) is 0 Å². The fourth-order valence-corrected chi connectivity index (χ4v) is 0.589. The molecule has 0 saturated carbocycles. The molecule has 0 unspecified atom stereocenters. The first-order valence-corrected chi connectivity index (χ1v) is 3.47. The summed E-state index contributed by atoms with van der Waals surface area (Å²) in [5.41, 5.74) is 1.17. The van der Waals surface area contributed by atoms with Crippen LogP contribution in [0.15, 0.2) is 36.9 Å². The van der Waals surface area contributed by atoms with Crippen molar-refractivity contribution in [2.45, 2.75) is 0 Å². The molecule has 0 aliphatic heterocycles. The molecule has 0 aromatic heterocycles. The summed E-state index contributed by atoms with van der Waals surface area (Å²) in [5.74, 6) is 0. The van der Waals surface area contributed by atoms with Crippen LogP contribution in [-0.4, -0.2) is 20.4 Å². The number of benzene rings is 1. The Morgan fingerprint density at radius 3 is 1.33 bits per heavy atom. The van der Waals surface area contributed by atoms with E-state index in [4.69, 9.17) is 14.4 Å². The summed E-state index contributed by atoms with van der Waals surface area (Å²) in [4.78, 5) is 24.0. The van der Waals surface area contributed by atoms with Crippen molar-refractivity contribution < 1.29 is 31.7 Å². The van der Waals surface area contributed by atoms with Gasteiger partial charge in [0.05, 0.1) is 0 Å². The smallest absolute Gasteiger partial charge is 0.106 e. The minimum absolute atomic E-state index is 0. The summed E-state index contributed by atoms with van der Waals surface area (Å²) >= 11 is 0. The largest absolute Gasteiger partial charge is 0.307 e. The Bertz CT molecular complexity index is 210. The molecule has 0 N–H and O–H groups in total. The van der Waals surface area contributed by atoms with E-state index in [9.17, 15) is 0 Å². The zero-order valence-corrected chi connectivity index (χ0v) is 9.70. The molecule has 4 heteroatoms. The molecule has 0 amide bonds. The zero-order valence-electron chi connectivity index (χ0n) is 8.43. The van der Waals surface area contributed by atoms with Gasteiger partial charge < -0.3 is 14.4 Å². The molecular weight excluding hydrogens is 232 g/mol. The maximum atomic E-state index is 8.00. The van der Waals surface area contributed by atoms with Crippen molar-refractivity contribution in [1.29, 1.82) is 0 Å². The molecular formula is C11H14CrO3. The van der Waals surface area contributed by atoms with Crippen LogP contribution in [0.5, 0.6) is 0 Å². The molecule has 0 spiro atoms. The first kappa shape index (κ1) is 23.4. The van der Waals surface area contributed by atoms with Crippen molar-refractivity contribution in [3.63, 3.8) is 0 Å². The second-order valence-electron chi connectivity index (χ2n) is 1.61. The third-order valence-corrected chi connectivity index (χ3v) is 1.04.